The third kappa shape index (κ3) is 7.27. The standard InChI is InChI=1S/C22H32N4O5/c1-5-11-31-19(28)13-17-20(29)23-9-10-26(17)18(27)14-24-15-7-6-8-16(12-15)25-21(30)22(2,3)4/h6-8,12,17,24H,5,9-11,13-14H2,1-4H3,(H,23,29)(H,25,30). The van der Waals surface area contributed by atoms with Gasteiger partial charge >= 0.3 is 5.97 Å². The molecule has 0 bridgehead atoms. The molecule has 0 radical (unpaired) electrons. The number of nitrogens with zero attached hydrogens (tertiary/aromatic N) is 1. The second-order valence-corrected chi connectivity index (χ2v) is 8.46. The molecule has 3 amide bonds. The minimum absolute atomic E-state index is 0.0511. The summed E-state index contributed by atoms with van der Waals surface area (Å²) in [4.78, 5) is 50.6. The van der Waals surface area contributed by atoms with Crippen LogP contribution in [-0.2, 0) is 23.9 Å². The fraction of sp³-hybridized carbons (Fsp3) is 0.545. The number of amides is 3. The summed E-state index contributed by atoms with van der Waals surface area (Å²) in [6.45, 7) is 8.24. The molecular formula is C22H32N4O5. The lowest BCUT2D eigenvalue weighted by Gasteiger charge is -2.34. The fourth-order valence-electron chi connectivity index (χ4n) is 2.95. The number of hydrogen-bond acceptors (Lipinski definition) is 6. The number of nitrogens with one attached hydrogen (secondary N) is 3. The van der Waals surface area contributed by atoms with Crippen molar-refractivity contribution < 1.29 is 23.9 Å². The third-order valence-corrected chi connectivity index (χ3v) is 4.72. The van der Waals surface area contributed by atoms with Crippen molar-refractivity contribution in [1.29, 1.82) is 0 Å². The van der Waals surface area contributed by atoms with E-state index in [1.54, 1.807) is 24.3 Å². The van der Waals surface area contributed by atoms with Crippen LogP contribution in [0.25, 0.3) is 0 Å². The molecule has 0 aromatic heterocycles. The molecule has 1 fully saturated rings. The number of benzene rings is 1. The van der Waals surface area contributed by atoms with E-state index in [2.05, 4.69) is 16.0 Å². The molecule has 9 heteroatoms. The summed E-state index contributed by atoms with van der Waals surface area (Å²) in [6.07, 6.45) is 0.510. The molecule has 1 aliphatic heterocycles. The Hall–Kier alpha value is -3.10. The van der Waals surface area contributed by atoms with Gasteiger partial charge in [0, 0.05) is 29.9 Å². The van der Waals surface area contributed by atoms with Crippen LogP contribution in [0, 0.1) is 5.41 Å². The van der Waals surface area contributed by atoms with Gasteiger partial charge in [0.05, 0.1) is 19.6 Å². The van der Waals surface area contributed by atoms with E-state index in [1.165, 1.54) is 4.90 Å². The molecule has 1 aromatic rings. The highest BCUT2D eigenvalue weighted by atomic mass is 16.5. The van der Waals surface area contributed by atoms with Crippen LogP contribution in [-0.4, -0.2) is 60.9 Å². The van der Waals surface area contributed by atoms with Crippen molar-refractivity contribution in [3.63, 3.8) is 0 Å². The molecule has 2 rings (SSSR count). The van der Waals surface area contributed by atoms with Gasteiger partial charge in [-0.25, -0.2) is 0 Å². The van der Waals surface area contributed by atoms with Gasteiger partial charge < -0.3 is 25.6 Å². The van der Waals surface area contributed by atoms with Crippen LogP contribution in [0.2, 0.25) is 0 Å². The lowest BCUT2D eigenvalue weighted by Crippen LogP contribution is -2.58. The fourth-order valence-corrected chi connectivity index (χ4v) is 2.95. The van der Waals surface area contributed by atoms with E-state index in [0.717, 1.165) is 0 Å². The highest BCUT2D eigenvalue weighted by Crippen LogP contribution is 2.20. The third-order valence-electron chi connectivity index (χ3n) is 4.72. The van der Waals surface area contributed by atoms with Gasteiger partial charge in [-0.1, -0.05) is 33.8 Å². The molecule has 1 heterocycles. The molecule has 170 valence electrons. The van der Waals surface area contributed by atoms with Gasteiger partial charge in [0.2, 0.25) is 17.7 Å². The first-order chi connectivity index (χ1) is 14.6. The van der Waals surface area contributed by atoms with Gasteiger partial charge in [0.25, 0.3) is 0 Å². The van der Waals surface area contributed by atoms with Gasteiger partial charge in [-0.15, -0.1) is 0 Å². The highest BCUT2D eigenvalue weighted by molar-refractivity contribution is 5.95. The molecule has 31 heavy (non-hydrogen) atoms. The zero-order chi connectivity index (χ0) is 23.0. The van der Waals surface area contributed by atoms with E-state index in [0.29, 0.717) is 30.9 Å². The Morgan fingerprint density at radius 3 is 2.61 bits per heavy atom. The number of carbonyl (C=O) groups is 4. The summed E-state index contributed by atoms with van der Waals surface area (Å²) in [5.41, 5.74) is 0.744. The maximum atomic E-state index is 12.8. The van der Waals surface area contributed by atoms with Crippen LogP contribution in [0.3, 0.4) is 0 Å². The van der Waals surface area contributed by atoms with E-state index in [9.17, 15) is 19.2 Å². The largest absolute Gasteiger partial charge is 0.466 e. The lowest BCUT2D eigenvalue weighted by molar-refractivity contribution is -0.151. The Labute approximate surface area is 182 Å². The predicted octanol–water partition coefficient (Wildman–Crippen LogP) is 1.75. The van der Waals surface area contributed by atoms with Gasteiger partial charge in [0.15, 0.2) is 0 Å². The molecule has 3 N–H and O–H groups in total. The zero-order valence-corrected chi connectivity index (χ0v) is 18.6. The topological polar surface area (TPSA) is 117 Å². The number of piperazine rings is 1. The van der Waals surface area contributed by atoms with Crippen LogP contribution in [0.1, 0.15) is 40.5 Å². The van der Waals surface area contributed by atoms with E-state index >= 15 is 0 Å². The molecule has 1 aromatic carbocycles. The van der Waals surface area contributed by atoms with Gasteiger partial charge in [-0.3, -0.25) is 19.2 Å². The molecule has 1 atom stereocenters. The van der Waals surface area contributed by atoms with Crippen LogP contribution in [0.5, 0.6) is 0 Å². The first-order valence-electron chi connectivity index (χ1n) is 10.5. The Morgan fingerprint density at radius 1 is 1.23 bits per heavy atom. The van der Waals surface area contributed by atoms with Crippen molar-refractivity contribution in [2.24, 2.45) is 5.41 Å². The number of ether oxygens (including phenoxy) is 1. The Bertz CT molecular complexity index is 818. The maximum Gasteiger partial charge on any atom is 0.308 e. The van der Waals surface area contributed by atoms with E-state index in [-0.39, 0.29) is 37.3 Å². The quantitative estimate of drug-likeness (QED) is 0.539. The van der Waals surface area contributed by atoms with E-state index < -0.39 is 17.4 Å². The number of rotatable bonds is 8. The van der Waals surface area contributed by atoms with E-state index in [1.807, 2.05) is 27.7 Å². The number of carbonyl (C=O) groups excluding carboxylic acids is 4. The minimum atomic E-state index is -0.884. The second kappa shape index (κ2) is 10.8. The summed E-state index contributed by atoms with van der Waals surface area (Å²) >= 11 is 0. The smallest absolute Gasteiger partial charge is 0.308 e. The second-order valence-electron chi connectivity index (χ2n) is 8.46. The van der Waals surface area contributed by atoms with Crippen molar-refractivity contribution in [1.82, 2.24) is 10.2 Å². The molecule has 0 spiro atoms. The highest BCUT2D eigenvalue weighted by Gasteiger charge is 2.34. The summed E-state index contributed by atoms with van der Waals surface area (Å²) in [7, 11) is 0. The average molecular weight is 433 g/mol. The molecule has 0 saturated carbocycles. The summed E-state index contributed by atoms with van der Waals surface area (Å²) in [5, 5.41) is 8.56. The van der Waals surface area contributed by atoms with Crippen molar-refractivity contribution in [3.8, 4) is 0 Å². The Kier molecular flexibility index (Phi) is 8.41. The van der Waals surface area contributed by atoms with Gasteiger partial charge in [-0.05, 0) is 24.6 Å². The Balaban J connectivity index is 1.98. The number of esters is 1. The lowest BCUT2D eigenvalue weighted by atomic mass is 9.95. The first kappa shape index (κ1) is 24.2. The molecule has 9 nitrogen and oxygen atoms in total. The molecular weight excluding hydrogens is 400 g/mol. The monoisotopic (exact) mass is 432 g/mol. The molecule has 1 saturated heterocycles. The SMILES string of the molecule is CCCOC(=O)CC1C(=O)NCCN1C(=O)CNc1cccc(NC(=O)C(C)(C)C)c1. The van der Waals surface area contributed by atoms with Gasteiger partial charge in [0.1, 0.15) is 6.04 Å². The maximum absolute atomic E-state index is 12.8. The number of anilines is 2. The molecule has 1 unspecified atom stereocenters. The Morgan fingerprint density at radius 2 is 1.94 bits per heavy atom. The van der Waals surface area contributed by atoms with Crippen LogP contribution in [0.4, 0.5) is 11.4 Å². The van der Waals surface area contributed by atoms with E-state index in [4.69, 9.17) is 4.74 Å². The van der Waals surface area contributed by atoms with Crippen molar-refractivity contribution in [2.75, 3.05) is 36.9 Å². The first-order valence-corrected chi connectivity index (χ1v) is 10.5. The van der Waals surface area contributed by atoms with Gasteiger partial charge in [-0.2, -0.15) is 0 Å². The van der Waals surface area contributed by atoms with Crippen LogP contribution < -0.4 is 16.0 Å². The minimum Gasteiger partial charge on any atom is -0.466 e. The van der Waals surface area contributed by atoms with Crippen LogP contribution in [0.15, 0.2) is 24.3 Å². The normalized spacial score (nSPS) is 16.3. The predicted molar refractivity (Wildman–Crippen MR) is 117 cm³/mol. The summed E-state index contributed by atoms with van der Waals surface area (Å²) in [5.74, 6) is -1.28. The number of hydrogen-bond donors (Lipinski definition) is 3. The summed E-state index contributed by atoms with van der Waals surface area (Å²) < 4.78 is 5.06. The average Bonchev–Trinajstić information content (AvgIpc) is 2.71. The van der Waals surface area contributed by atoms with Crippen molar-refractivity contribution in [2.45, 2.75) is 46.6 Å². The molecule has 0 aliphatic carbocycles. The van der Waals surface area contributed by atoms with Crippen molar-refractivity contribution in [3.05, 3.63) is 24.3 Å². The zero-order valence-electron chi connectivity index (χ0n) is 18.6. The van der Waals surface area contributed by atoms with Crippen LogP contribution >= 0.6 is 0 Å². The van der Waals surface area contributed by atoms with Crippen molar-refractivity contribution >= 4 is 35.1 Å². The summed E-state index contributed by atoms with van der Waals surface area (Å²) in [6, 6.07) is 6.17. The molecule has 1 aliphatic rings.